The van der Waals surface area contributed by atoms with Crippen LogP contribution in [-0.4, -0.2) is 10.9 Å². The van der Waals surface area contributed by atoms with E-state index in [-0.39, 0.29) is 16.7 Å². The molecule has 0 aliphatic heterocycles. The number of hydrogen-bond donors (Lipinski definition) is 2. The molecule has 98 valence electrons. The van der Waals surface area contributed by atoms with Crippen molar-refractivity contribution in [2.24, 2.45) is 11.1 Å². The van der Waals surface area contributed by atoms with E-state index >= 15 is 0 Å². The molecule has 1 unspecified atom stereocenters. The number of nitrogens with two attached hydrogens (primary N) is 1. The van der Waals surface area contributed by atoms with Crippen molar-refractivity contribution in [1.82, 2.24) is 0 Å². The van der Waals surface area contributed by atoms with E-state index in [1.807, 2.05) is 6.92 Å². The molecular formula is C13H17FN2OS. The second-order valence-corrected chi connectivity index (χ2v) is 4.90. The number of anilines is 1. The van der Waals surface area contributed by atoms with E-state index in [1.54, 1.807) is 13.8 Å². The largest absolute Gasteiger partial charge is 0.392 e. The Kier molecular flexibility index (Phi) is 4.40. The predicted molar refractivity (Wildman–Crippen MR) is 75.0 cm³/mol. The van der Waals surface area contributed by atoms with Crippen LogP contribution in [0, 0.1) is 18.2 Å². The van der Waals surface area contributed by atoms with Gasteiger partial charge in [0.15, 0.2) is 0 Å². The summed E-state index contributed by atoms with van der Waals surface area (Å²) in [6.45, 7) is 5.27. The monoisotopic (exact) mass is 268 g/mol. The molecule has 0 saturated carbocycles. The zero-order chi connectivity index (χ0) is 13.9. The van der Waals surface area contributed by atoms with Crippen molar-refractivity contribution in [2.75, 3.05) is 5.32 Å². The first-order valence-corrected chi connectivity index (χ1v) is 6.09. The molecule has 1 rings (SSSR count). The smallest absolute Gasteiger partial charge is 0.237 e. The lowest BCUT2D eigenvalue weighted by Gasteiger charge is -2.25. The summed E-state index contributed by atoms with van der Waals surface area (Å²) in [6.07, 6.45) is 0.508. The molecule has 1 aromatic rings. The molecule has 0 aromatic heterocycles. The first-order chi connectivity index (χ1) is 8.31. The van der Waals surface area contributed by atoms with Gasteiger partial charge in [-0.05, 0) is 44.0 Å². The second-order valence-electron chi connectivity index (χ2n) is 4.46. The molecular weight excluding hydrogens is 251 g/mol. The number of carbonyl (C=O) groups excluding carboxylic acids is 1. The number of nitrogens with one attached hydrogen (secondary N) is 1. The lowest BCUT2D eigenvalue weighted by Crippen LogP contribution is -2.43. The Bertz CT molecular complexity index is 490. The fourth-order valence-electron chi connectivity index (χ4n) is 1.47. The minimum atomic E-state index is -0.893. The van der Waals surface area contributed by atoms with Crippen molar-refractivity contribution >= 4 is 28.8 Å². The fourth-order valence-corrected chi connectivity index (χ4v) is 1.71. The zero-order valence-corrected chi connectivity index (χ0v) is 11.5. The molecule has 5 heteroatoms. The molecule has 0 aliphatic rings. The number of benzene rings is 1. The molecule has 1 aromatic carbocycles. The molecule has 0 saturated heterocycles. The molecule has 3 N–H and O–H groups in total. The summed E-state index contributed by atoms with van der Waals surface area (Å²) in [5.41, 5.74) is 5.94. The third-order valence-electron chi connectivity index (χ3n) is 3.19. The summed E-state index contributed by atoms with van der Waals surface area (Å²) >= 11 is 4.93. The van der Waals surface area contributed by atoms with E-state index in [9.17, 15) is 9.18 Å². The molecule has 0 aliphatic carbocycles. The van der Waals surface area contributed by atoms with Crippen LogP contribution in [-0.2, 0) is 4.79 Å². The summed E-state index contributed by atoms with van der Waals surface area (Å²) in [5, 5.41) is 2.74. The number of thiocarbonyl (C=S) groups is 1. The first-order valence-electron chi connectivity index (χ1n) is 5.68. The van der Waals surface area contributed by atoms with Gasteiger partial charge in [-0.3, -0.25) is 4.79 Å². The Morgan fingerprint density at radius 1 is 1.56 bits per heavy atom. The zero-order valence-electron chi connectivity index (χ0n) is 10.7. The Hall–Kier alpha value is -1.49. The fraction of sp³-hybridized carbons (Fsp3) is 0.385. The molecule has 1 atom stereocenters. The average molecular weight is 268 g/mol. The maximum Gasteiger partial charge on any atom is 0.237 e. The van der Waals surface area contributed by atoms with Crippen molar-refractivity contribution in [3.05, 3.63) is 29.6 Å². The summed E-state index contributed by atoms with van der Waals surface area (Å²) in [7, 11) is 0. The Morgan fingerprint density at radius 3 is 2.61 bits per heavy atom. The third kappa shape index (κ3) is 2.85. The average Bonchev–Trinajstić information content (AvgIpc) is 2.31. The Labute approximate surface area is 112 Å². The minimum Gasteiger partial charge on any atom is -0.392 e. The topological polar surface area (TPSA) is 55.1 Å². The van der Waals surface area contributed by atoms with Gasteiger partial charge in [0.05, 0.1) is 10.4 Å². The van der Waals surface area contributed by atoms with Crippen LogP contribution < -0.4 is 11.1 Å². The normalized spacial score (nSPS) is 13.8. The molecule has 1 amide bonds. The van der Waals surface area contributed by atoms with Gasteiger partial charge >= 0.3 is 0 Å². The van der Waals surface area contributed by atoms with E-state index in [0.29, 0.717) is 17.7 Å². The van der Waals surface area contributed by atoms with E-state index in [0.717, 1.165) is 0 Å². The van der Waals surface area contributed by atoms with Gasteiger partial charge < -0.3 is 11.1 Å². The molecule has 3 nitrogen and oxygen atoms in total. The van der Waals surface area contributed by atoms with Crippen molar-refractivity contribution in [2.45, 2.75) is 27.2 Å². The molecule has 18 heavy (non-hydrogen) atoms. The van der Waals surface area contributed by atoms with E-state index in [2.05, 4.69) is 5.32 Å². The van der Waals surface area contributed by atoms with Gasteiger partial charge in [-0.25, -0.2) is 4.39 Å². The van der Waals surface area contributed by atoms with Crippen LogP contribution in [0.25, 0.3) is 0 Å². The Balaban J connectivity index is 2.97. The highest BCUT2D eigenvalue weighted by molar-refractivity contribution is 7.80. The van der Waals surface area contributed by atoms with Crippen LogP contribution in [0.15, 0.2) is 18.2 Å². The van der Waals surface area contributed by atoms with Crippen molar-refractivity contribution in [3.8, 4) is 0 Å². The highest BCUT2D eigenvalue weighted by Crippen LogP contribution is 2.25. The van der Waals surface area contributed by atoms with Gasteiger partial charge in [-0.15, -0.1) is 0 Å². The van der Waals surface area contributed by atoms with Gasteiger partial charge in [0.25, 0.3) is 0 Å². The van der Waals surface area contributed by atoms with Crippen LogP contribution in [0.3, 0.4) is 0 Å². The SMILES string of the molecule is CCC(C)(C(=O)Nc1ccc(F)cc1C)C(N)=S. The van der Waals surface area contributed by atoms with Crippen LogP contribution in [0.4, 0.5) is 10.1 Å². The number of aryl methyl sites for hydroxylation is 1. The lowest BCUT2D eigenvalue weighted by atomic mass is 9.86. The predicted octanol–water partition coefficient (Wildman–Crippen LogP) is 2.78. The van der Waals surface area contributed by atoms with Gasteiger partial charge in [0, 0.05) is 5.69 Å². The van der Waals surface area contributed by atoms with Gasteiger partial charge in [-0.1, -0.05) is 19.1 Å². The van der Waals surface area contributed by atoms with E-state index in [4.69, 9.17) is 18.0 Å². The molecule has 0 heterocycles. The number of rotatable bonds is 4. The van der Waals surface area contributed by atoms with Crippen molar-refractivity contribution < 1.29 is 9.18 Å². The second kappa shape index (κ2) is 5.44. The van der Waals surface area contributed by atoms with Gasteiger partial charge in [-0.2, -0.15) is 0 Å². The van der Waals surface area contributed by atoms with E-state index in [1.165, 1.54) is 18.2 Å². The highest BCUT2D eigenvalue weighted by Gasteiger charge is 2.34. The summed E-state index contributed by atoms with van der Waals surface area (Å²) in [6, 6.07) is 4.19. The maximum absolute atomic E-state index is 13.0. The summed E-state index contributed by atoms with van der Waals surface area (Å²) in [5.74, 6) is -0.606. The molecule has 0 radical (unpaired) electrons. The molecule has 0 fully saturated rings. The van der Waals surface area contributed by atoms with Gasteiger partial charge in [0.1, 0.15) is 5.82 Å². The number of amides is 1. The first kappa shape index (κ1) is 14.6. The van der Waals surface area contributed by atoms with Crippen molar-refractivity contribution in [1.29, 1.82) is 0 Å². The quantitative estimate of drug-likeness (QED) is 0.826. The molecule has 0 bridgehead atoms. The van der Waals surface area contributed by atoms with Crippen LogP contribution in [0.5, 0.6) is 0 Å². The highest BCUT2D eigenvalue weighted by atomic mass is 32.1. The molecule has 0 spiro atoms. The Morgan fingerprint density at radius 2 is 2.17 bits per heavy atom. The maximum atomic E-state index is 13.0. The number of carbonyl (C=O) groups is 1. The summed E-state index contributed by atoms with van der Waals surface area (Å²) < 4.78 is 13.0. The third-order valence-corrected chi connectivity index (χ3v) is 3.64. The standard InChI is InChI=1S/C13H17FN2OS/c1-4-13(3,11(15)18)12(17)16-10-6-5-9(14)7-8(10)2/h5-7H,4H2,1-3H3,(H2,15,18)(H,16,17). The van der Waals surface area contributed by atoms with Crippen LogP contribution in [0.1, 0.15) is 25.8 Å². The number of hydrogen-bond acceptors (Lipinski definition) is 2. The lowest BCUT2D eigenvalue weighted by molar-refractivity contribution is -0.121. The van der Waals surface area contributed by atoms with Gasteiger partial charge in [0.2, 0.25) is 5.91 Å². The number of halogens is 1. The van der Waals surface area contributed by atoms with E-state index < -0.39 is 5.41 Å². The minimum absolute atomic E-state index is 0.155. The summed E-state index contributed by atoms with van der Waals surface area (Å²) in [4.78, 5) is 12.3. The van der Waals surface area contributed by atoms with Crippen LogP contribution >= 0.6 is 12.2 Å². The van der Waals surface area contributed by atoms with Crippen LogP contribution in [0.2, 0.25) is 0 Å². The van der Waals surface area contributed by atoms with Crippen molar-refractivity contribution in [3.63, 3.8) is 0 Å².